The fourth-order valence-electron chi connectivity index (χ4n) is 3.68. The Morgan fingerprint density at radius 1 is 1.08 bits per heavy atom. The smallest absolute Gasteiger partial charge is 0.336 e. The van der Waals surface area contributed by atoms with E-state index in [4.69, 9.17) is 0 Å². The Kier molecular flexibility index (Phi) is 5.28. The van der Waals surface area contributed by atoms with E-state index in [0.29, 0.717) is 18.0 Å². The van der Waals surface area contributed by atoms with Crippen LogP contribution in [-0.2, 0) is 6.54 Å². The van der Waals surface area contributed by atoms with Gasteiger partial charge in [-0.15, -0.1) is 0 Å². The van der Waals surface area contributed by atoms with Crippen LogP contribution in [0.2, 0.25) is 0 Å². The van der Waals surface area contributed by atoms with Gasteiger partial charge in [0.05, 0.1) is 5.56 Å². The van der Waals surface area contributed by atoms with Crippen LogP contribution in [0.1, 0.15) is 33.8 Å². The third-order valence-electron chi connectivity index (χ3n) is 4.92. The molecule has 0 radical (unpaired) electrons. The Labute approximate surface area is 142 Å². The molecule has 2 aromatic carbocycles. The van der Waals surface area contributed by atoms with Crippen molar-refractivity contribution in [3.8, 4) is 0 Å². The highest BCUT2D eigenvalue weighted by Crippen LogP contribution is 2.33. The van der Waals surface area contributed by atoms with E-state index in [0.717, 1.165) is 25.1 Å². The quantitative estimate of drug-likeness (QED) is 0.887. The summed E-state index contributed by atoms with van der Waals surface area (Å²) < 4.78 is 0. The van der Waals surface area contributed by atoms with E-state index in [2.05, 4.69) is 17.0 Å². The first-order chi connectivity index (χ1) is 11.7. The normalized spacial score (nSPS) is 21.5. The topological polar surface area (TPSA) is 60.8 Å². The Balaban J connectivity index is 1.72. The predicted octanol–water partition coefficient (Wildman–Crippen LogP) is 2.98. The van der Waals surface area contributed by atoms with Crippen molar-refractivity contribution in [2.24, 2.45) is 5.92 Å². The summed E-state index contributed by atoms with van der Waals surface area (Å²) in [6.45, 7) is 2.45. The number of hydrogen-bond donors (Lipinski definition) is 2. The largest absolute Gasteiger partial charge is 0.478 e. The van der Waals surface area contributed by atoms with E-state index < -0.39 is 5.97 Å². The second-order valence-electron chi connectivity index (χ2n) is 6.45. The van der Waals surface area contributed by atoms with Gasteiger partial charge < -0.3 is 10.2 Å². The molecule has 2 aromatic rings. The Morgan fingerprint density at radius 2 is 1.79 bits per heavy atom. The number of carboxylic acids is 1. The van der Waals surface area contributed by atoms with Gasteiger partial charge in [0.1, 0.15) is 0 Å². The summed E-state index contributed by atoms with van der Waals surface area (Å²) >= 11 is 0. The van der Waals surface area contributed by atoms with Gasteiger partial charge in [0.15, 0.2) is 0 Å². The highest BCUT2D eigenvalue weighted by Gasteiger charge is 2.30. The van der Waals surface area contributed by atoms with Crippen LogP contribution in [0.4, 0.5) is 0 Å². The molecule has 0 amide bonds. The van der Waals surface area contributed by atoms with Crippen molar-refractivity contribution >= 4 is 5.97 Å². The third kappa shape index (κ3) is 3.66. The summed E-state index contributed by atoms with van der Waals surface area (Å²) in [5.41, 5.74) is 2.48. The van der Waals surface area contributed by atoms with Gasteiger partial charge in [-0.2, -0.15) is 0 Å². The molecule has 2 N–H and O–H groups in total. The lowest BCUT2D eigenvalue weighted by atomic mass is 9.81. The monoisotopic (exact) mass is 325 g/mol. The summed E-state index contributed by atoms with van der Waals surface area (Å²) in [6, 6.07) is 17.5. The lowest BCUT2D eigenvalue weighted by molar-refractivity contribution is 0.0690. The van der Waals surface area contributed by atoms with Crippen molar-refractivity contribution in [1.82, 2.24) is 4.90 Å². The molecule has 24 heavy (non-hydrogen) atoms. The predicted molar refractivity (Wildman–Crippen MR) is 93.1 cm³/mol. The standard InChI is InChI=1S/C20H23NO3/c22-14-17-13-21(11-10-18(17)15-6-2-1-3-7-15)12-16-8-4-5-9-19(16)20(23)24/h1-9,17-18,22H,10-14H2,(H,23,24)/t17-,18+/m0/s1. The van der Waals surface area contributed by atoms with Gasteiger partial charge in [0, 0.05) is 25.6 Å². The number of likely N-dealkylation sites (tertiary alicyclic amines) is 1. The van der Waals surface area contributed by atoms with Crippen LogP contribution in [-0.4, -0.2) is 40.8 Å². The highest BCUT2D eigenvalue weighted by molar-refractivity contribution is 5.89. The number of rotatable bonds is 5. The SMILES string of the molecule is O=C(O)c1ccccc1CN1CC[C@H](c2ccccc2)[C@H](CO)C1. The van der Waals surface area contributed by atoms with E-state index in [1.54, 1.807) is 12.1 Å². The maximum absolute atomic E-state index is 11.4. The first kappa shape index (κ1) is 16.7. The van der Waals surface area contributed by atoms with Crippen molar-refractivity contribution in [3.63, 3.8) is 0 Å². The molecule has 0 bridgehead atoms. The summed E-state index contributed by atoms with van der Waals surface area (Å²) in [4.78, 5) is 13.6. The fraction of sp³-hybridized carbons (Fsp3) is 0.350. The van der Waals surface area contributed by atoms with Gasteiger partial charge in [-0.05, 0) is 36.1 Å². The molecule has 1 saturated heterocycles. The number of nitrogens with zero attached hydrogens (tertiary/aromatic N) is 1. The van der Waals surface area contributed by atoms with E-state index in [9.17, 15) is 15.0 Å². The molecule has 0 unspecified atom stereocenters. The van der Waals surface area contributed by atoms with Crippen molar-refractivity contribution in [3.05, 3.63) is 71.3 Å². The van der Waals surface area contributed by atoms with E-state index >= 15 is 0 Å². The average Bonchev–Trinajstić information content (AvgIpc) is 2.62. The molecule has 1 fully saturated rings. The Bertz CT molecular complexity index is 686. The minimum Gasteiger partial charge on any atom is -0.478 e. The van der Waals surface area contributed by atoms with Crippen LogP contribution in [0.25, 0.3) is 0 Å². The number of piperidine rings is 1. The zero-order valence-electron chi connectivity index (χ0n) is 13.6. The van der Waals surface area contributed by atoms with Crippen molar-refractivity contribution in [2.45, 2.75) is 18.9 Å². The second kappa shape index (κ2) is 7.60. The number of carboxylic acid groups (broad SMARTS) is 1. The third-order valence-corrected chi connectivity index (χ3v) is 4.92. The van der Waals surface area contributed by atoms with E-state index in [-0.39, 0.29) is 12.5 Å². The molecular weight excluding hydrogens is 302 g/mol. The molecule has 0 aromatic heterocycles. The first-order valence-corrected chi connectivity index (χ1v) is 8.38. The number of aliphatic hydroxyl groups is 1. The lowest BCUT2D eigenvalue weighted by Crippen LogP contribution is -2.40. The summed E-state index contributed by atoms with van der Waals surface area (Å²) in [5.74, 6) is -0.344. The molecule has 3 rings (SSSR count). The molecule has 2 atom stereocenters. The molecule has 4 heteroatoms. The van der Waals surface area contributed by atoms with Gasteiger partial charge in [-0.1, -0.05) is 48.5 Å². The maximum Gasteiger partial charge on any atom is 0.336 e. The molecule has 4 nitrogen and oxygen atoms in total. The Morgan fingerprint density at radius 3 is 2.50 bits per heavy atom. The number of hydrogen-bond acceptors (Lipinski definition) is 3. The number of aromatic carboxylic acids is 1. The van der Waals surface area contributed by atoms with Gasteiger partial charge in [0.25, 0.3) is 0 Å². The number of aliphatic hydroxyl groups excluding tert-OH is 1. The van der Waals surface area contributed by atoms with Crippen LogP contribution < -0.4 is 0 Å². The van der Waals surface area contributed by atoms with Crippen LogP contribution in [0.15, 0.2) is 54.6 Å². The number of benzene rings is 2. The van der Waals surface area contributed by atoms with Crippen molar-refractivity contribution in [1.29, 1.82) is 0 Å². The van der Waals surface area contributed by atoms with Crippen LogP contribution in [0.5, 0.6) is 0 Å². The minimum absolute atomic E-state index is 0.149. The zero-order chi connectivity index (χ0) is 16.9. The van der Waals surface area contributed by atoms with Crippen LogP contribution >= 0.6 is 0 Å². The van der Waals surface area contributed by atoms with E-state index in [1.165, 1.54) is 5.56 Å². The van der Waals surface area contributed by atoms with Gasteiger partial charge in [-0.25, -0.2) is 4.79 Å². The molecule has 126 valence electrons. The van der Waals surface area contributed by atoms with E-state index in [1.807, 2.05) is 30.3 Å². The summed E-state index contributed by atoms with van der Waals surface area (Å²) in [7, 11) is 0. The molecule has 1 heterocycles. The summed E-state index contributed by atoms with van der Waals surface area (Å²) in [6.07, 6.45) is 0.977. The molecule has 1 aliphatic rings. The van der Waals surface area contributed by atoms with Gasteiger partial charge in [0.2, 0.25) is 0 Å². The molecule has 0 aliphatic carbocycles. The zero-order valence-corrected chi connectivity index (χ0v) is 13.6. The first-order valence-electron chi connectivity index (χ1n) is 8.38. The Hall–Kier alpha value is -2.17. The summed E-state index contributed by atoms with van der Waals surface area (Å²) in [5, 5.41) is 19.2. The molecular formula is C20H23NO3. The maximum atomic E-state index is 11.4. The lowest BCUT2D eigenvalue weighted by Gasteiger charge is -2.38. The average molecular weight is 325 g/mol. The highest BCUT2D eigenvalue weighted by atomic mass is 16.4. The molecule has 0 saturated carbocycles. The fourth-order valence-corrected chi connectivity index (χ4v) is 3.68. The van der Waals surface area contributed by atoms with Gasteiger partial charge >= 0.3 is 5.97 Å². The van der Waals surface area contributed by atoms with Gasteiger partial charge in [-0.3, -0.25) is 4.90 Å². The van der Waals surface area contributed by atoms with Crippen LogP contribution in [0.3, 0.4) is 0 Å². The number of carbonyl (C=O) groups is 1. The van der Waals surface area contributed by atoms with Crippen molar-refractivity contribution in [2.75, 3.05) is 19.7 Å². The van der Waals surface area contributed by atoms with Crippen molar-refractivity contribution < 1.29 is 15.0 Å². The minimum atomic E-state index is -0.886. The molecule has 1 aliphatic heterocycles. The second-order valence-corrected chi connectivity index (χ2v) is 6.45. The van der Waals surface area contributed by atoms with Crippen LogP contribution in [0, 0.1) is 5.92 Å². The molecule has 0 spiro atoms.